The second kappa shape index (κ2) is 18.1. The summed E-state index contributed by atoms with van der Waals surface area (Å²) >= 11 is 0. The molecule has 0 N–H and O–H groups in total. The van der Waals surface area contributed by atoms with Crippen molar-refractivity contribution in [1.82, 2.24) is 18.3 Å². The van der Waals surface area contributed by atoms with Crippen LogP contribution < -0.4 is 0 Å². The second-order valence-corrected chi connectivity index (χ2v) is 23.0. The first kappa shape index (κ1) is 48.1. The summed E-state index contributed by atoms with van der Waals surface area (Å²) in [6, 6.07) is 96.5. The van der Waals surface area contributed by atoms with E-state index in [0.717, 1.165) is 165 Å². The highest BCUT2D eigenvalue weighted by molar-refractivity contribution is 6.22. The minimum atomic E-state index is 0.412. The van der Waals surface area contributed by atoms with Gasteiger partial charge in [0.15, 0.2) is 0 Å². The number of benzene rings is 13. The Morgan fingerprint density at radius 3 is 1.10 bits per heavy atom. The second-order valence-electron chi connectivity index (χ2n) is 23.0. The van der Waals surface area contributed by atoms with E-state index in [1.54, 1.807) is 0 Å². The standard InChI is InChI=1S/C80H44N6O2/c1-82-66-45-71(85-69-32-28-47(49-30-34-79-64(38-49)56-22-10-14-26-77(56)87-79)36-58(69)62-43-72-60(41-74(62)85)54-20-8-12-24-67(54)83(72)52-16-4-2-5-17-52)51(46-81)40-76(66)86-70-33-29-48(50-31-35-80-65(39-50)57-23-11-15-27-78(57)88-80)37-59(70)63-44-73-61(42-75(63)86)55-21-9-13-25-68(55)84(73)53-18-6-3-7-19-53/h2-45H. The molecule has 0 unspecified atom stereocenters. The van der Waals surface area contributed by atoms with Gasteiger partial charge in [0.1, 0.15) is 28.4 Å². The SMILES string of the molecule is [C-]#[N+]c1cc(-n2c3ccc(-c4ccc5oc6ccccc6c5c4)cc3c3cc4c(cc32)c2ccccc2n4-c2ccccc2)c(C#N)cc1-n1c2ccc(-c3ccc4oc5ccccc5c4c3)cc2c2cc3c(cc21)c1ccccc1n3-c1ccccc1. The Morgan fingerprint density at radius 1 is 0.284 bits per heavy atom. The number of para-hydroxylation sites is 6. The van der Waals surface area contributed by atoms with Crippen molar-refractivity contribution >= 4 is 137 Å². The molecule has 0 amide bonds. The number of fused-ring (bicyclic) bond motifs is 18. The Morgan fingerprint density at radius 2 is 0.636 bits per heavy atom. The van der Waals surface area contributed by atoms with Gasteiger partial charge >= 0.3 is 0 Å². The molecule has 0 fully saturated rings. The third-order valence-electron chi connectivity index (χ3n) is 18.4. The van der Waals surface area contributed by atoms with Crippen LogP contribution in [0.1, 0.15) is 5.56 Å². The third-order valence-corrected chi connectivity index (χ3v) is 18.4. The van der Waals surface area contributed by atoms with Gasteiger partial charge in [0, 0.05) is 76.0 Å². The van der Waals surface area contributed by atoms with Crippen molar-refractivity contribution in [2.45, 2.75) is 0 Å². The van der Waals surface area contributed by atoms with Gasteiger partial charge in [0.05, 0.1) is 67.6 Å². The van der Waals surface area contributed by atoms with E-state index >= 15 is 0 Å². The molecule has 0 aliphatic carbocycles. The molecule has 0 aliphatic heterocycles. The Kier molecular flexibility index (Phi) is 9.87. The molecule has 0 bridgehead atoms. The van der Waals surface area contributed by atoms with Crippen molar-refractivity contribution in [3.63, 3.8) is 0 Å². The molecule has 6 aromatic heterocycles. The Balaban J connectivity index is 0.873. The van der Waals surface area contributed by atoms with Crippen molar-refractivity contribution in [3.8, 4) is 51.1 Å². The molecule has 0 saturated heterocycles. The summed E-state index contributed by atoms with van der Waals surface area (Å²) in [4.78, 5) is 4.42. The van der Waals surface area contributed by atoms with E-state index in [1.165, 1.54) is 0 Å². The number of nitriles is 1. The van der Waals surface area contributed by atoms with Gasteiger partial charge < -0.3 is 27.1 Å². The molecule has 0 saturated carbocycles. The van der Waals surface area contributed by atoms with Gasteiger partial charge in [-0.25, -0.2) is 4.85 Å². The predicted octanol–water partition coefficient (Wildman–Crippen LogP) is 21.6. The predicted molar refractivity (Wildman–Crippen MR) is 360 cm³/mol. The minimum Gasteiger partial charge on any atom is -0.456 e. The van der Waals surface area contributed by atoms with Crippen molar-refractivity contribution < 1.29 is 8.83 Å². The van der Waals surface area contributed by atoms with Gasteiger partial charge in [-0.05, 0) is 156 Å². The van der Waals surface area contributed by atoms with Crippen LogP contribution in [-0.2, 0) is 0 Å². The van der Waals surface area contributed by atoms with Gasteiger partial charge in [-0.2, -0.15) is 5.26 Å². The third kappa shape index (κ3) is 6.77. The quantitative estimate of drug-likeness (QED) is 0.156. The first-order valence-electron chi connectivity index (χ1n) is 29.5. The molecule has 19 aromatic rings. The van der Waals surface area contributed by atoms with Crippen LogP contribution in [0.25, 0.3) is 181 Å². The molecule has 19 rings (SSSR count). The van der Waals surface area contributed by atoms with Crippen LogP contribution in [0.5, 0.6) is 0 Å². The van der Waals surface area contributed by atoms with E-state index in [2.05, 4.69) is 260 Å². The number of hydrogen-bond donors (Lipinski definition) is 0. The average molecular weight is 1120 g/mol. The van der Waals surface area contributed by atoms with E-state index in [0.29, 0.717) is 22.6 Å². The van der Waals surface area contributed by atoms with Crippen LogP contribution in [0, 0.1) is 17.9 Å². The molecular weight excluding hydrogens is 1080 g/mol. The Labute approximate surface area is 501 Å². The van der Waals surface area contributed by atoms with Crippen molar-refractivity contribution in [3.05, 3.63) is 284 Å². The van der Waals surface area contributed by atoms with Gasteiger partial charge in [-0.15, -0.1) is 0 Å². The monoisotopic (exact) mass is 1120 g/mol. The summed E-state index contributed by atoms with van der Waals surface area (Å²) in [5.74, 6) is 0. The molecule has 0 radical (unpaired) electrons. The molecule has 406 valence electrons. The van der Waals surface area contributed by atoms with Crippen molar-refractivity contribution in [1.29, 1.82) is 5.26 Å². The fraction of sp³-hybridized carbons (Fsp3) is 0. The molecule has 6 heterocycles. The lowest BCUT2D eigenvalue weighted by atomic mass is 10.0. The zero-order chi connectivity index (χ0) is 57.9. The molecule has 88 heavy (non-hydrogen) atoms. The van der Waals surface area contributed by atoms with Gasteiger partial charge in [-0.3, -0.25) is 0 Å². The minimum absolute atomic E-state index is 0.412. The number of nitrogens with zero attached hydrogens (tertiary/aromatic N) is 6. The summed E-state index contributed by atoms with van der Waals surface area (Å²) < 4.78 is 21.7. The number of aromatic nitrogens is 4. The first-order valence-corrected chi connectivity index (χ1v) is 29.5. The van der Waals surface area contributed by atoms with Gasteiger partial charge in [0.25, 0.3) is 0 Å². The van der Waals surface area contributed by atoms with E-state index in [4.69, 9.17) is 8.83 Å². The first-order chi connectivity index (χ1) is 43.5. The molecule has 0 spiro atoms. The number of rotatable bonds is 6. The molecule has 8 nitrogen and oxygen atoms in total. The summed E-state index contributed by atoms with van der Waals surface area (Å²) in [5.41, 5.74) is 19.9. The zero-order valence-electron chi connectivity index (χ0n) is 46.9. The van der Waals surface area contributed by atoms with E-state index in [-0.39, 0.29) is 0 Å². The summed E-state index contributed by atoms with van der Waals surface area (Å²) in [6.07, 6.45) is 0. The highest BCUT2D eigenvalue weighted by Crippen LogP contribution is 2.47. The maximum Gasteiger partial charge on any atom is 0.212 e. The van der Waals surface area contributed by atoms with E-state index < -0.39 is 0 Å². The van der Waals surface area contributed by atoms with Gasteiger partial charge in [-0.1, -0.05) is 133 Å². The Hall–Kier alpha value is -12.4. The van der Waals surface area contributed by atoms with Crippen LogP contribution >= 0.6 is 0 Å². The lowest BCUT2D eigenvalue weighted by molar-refractivity contribution is 0.668. The zero-order valence-corrected chi connectivity index (χ0v) is 46.9. The van der Waals surface area contributed by atoms with E-state index in [9.17, 15) is 11.8 Å². The van der Waals surface area contributed by atoms with Gasteiger partial charge in [0.2, 0.25) is 5.69 Å². The fourth-order valence-corrected chi connectivity index (χ4v) is 14.5. The molecular formula is C80H44N6O2. The maximum absolute atomic E-state index is 11.7. The maximum atomic E-state index is 11.7. The summed E-state index contributed by atoms with van der Waals surface area (Å²) in [6.45, 7) is 9.17. The highest BCUT2D eigenvalue weighted by atomic mass is 16.3. The van der Waals surface area contributed by atoms with Crippen LogP contribution in [0.3, 0.4) is 0 Å². The van der Waals surface area contributed by atoms with Crippen LogP contribution in [-0.4, -0.2) is 18.3 Å². The van der Waals surface area contributed by atoms with Crippen molar-refractivity contribution in [2.24, 2.45) is 0 Å². The summed E-state index contributed by atoms with van der Waals surface area (Å²) in [5, 5.41) is 24.5. The summed E-state index contributed by atoms with van der Waals surface area (Å²) in [7, 11) is 0. The molecule has 8 heteroatoms. The number of hydrogen-bond acceptors (Lipinski definition) is 3. The average Bonchev–Trinajstić information content (AvgIpc) is 1.70. The number of furan rings is 2. The molecule has 13 aromatic carbocycles. The molecule has 0 atom stereocenters. The largest absolute Gasteiger partial charge is 0.456 e. The van der Waals surface area contributed by atoms with Crippen LogP contribution in [0.15, 0.2) is 276 Å². The molecule has 0 aliphatic rings. The lowest BCUT2D eigenvalue weighted by Crippen LogP contribution is -2.02. The van der Waals surface area contributed by atoms with E-state index in [1.807, 2.05) is 36.4 Å². The highest BCUT2D eigenvalue weighted by Gasteiger charge is 2.26. The smallest absolute Gasteiger partial charge is 0.212 e. The lowest BCUT2D eigenvalue weighted by Gasteiger charge is -2.16. The van der Waals surface area contributed by atoms with Crippen LogP contribution in [0.4, 0.5) is 5.69 Å². The normalized spacial score (nSPS) is 12.1. The Bertz CT molecular complexity index is 5940. The van der Waals surface area contributed by atoms with Crippen LogP contribution in [0.2, 0.25) is 0 Å². The van der Waals surface area contributed by atoms with Crippen molar-refractivity contribution in [2.75, 3.05) is 0 Å². The fourth-order valence-electron chi connectivity index (χ4n) is 14.5. The topological polar surface area (TPSA) is 74.2 Å².